The Hall–Kier alpha value is -8.86. The zero-order chi connectivity index (χ0) is 44.7. The number of hydrogen-bond donors (Lipinski definition) is 0. The molecule has 1 aliphatic rings. The number of para-hydroxylation sites is 5. The first-order valence-corrected chi connectivity index (χ1v) is 23.4. The van der Waals surface area contributed by atoms with Crippen molar-refractivity contribution >= 4 is 93.4 Å². The third-order valence-corrected chi connectivity index (χ3v) is 14.1. The van der Waals surface area contributed by atoms with E-state index < -0.39 is 0 Å². The maximum atomic E-state index is 6.57. The second-order valence-corrected chi connectivity index (χ2v) is 17.9. The van der Waals surface area contributed by atoms with Crippen LogP contribution in [0.25, 0.3) is 110 Å². The Morgan fingerprint density at radius 3 is 1.90 bits per heavy atom. The smallest absolute Gasteiger partial charge is 0.143 e. The number of rotatable bonds is 7. The highest BCUT2D eigenvalue weighted by atomic mass is 16.3. The first kappa shape index (κ1) is 38.4. The van der Waals surface area contributed by atoms with Crippen molar-refractivity contribution in [2.75, 3.05) is 4.90 Å². The molecule has 13 aromatic rings. The van der Waals surface area contributed by atoms with Gasteiger partial charge in [0.1, 0.15) is 22.3 Å². The van der Waals surface area contributed by atoms with Crippen molar-refractivity contribution < 1.29 is 8.83 Å². The minimum atomic E-state index is 0.0316. The van der Waals surface area contributed by atoms with Crippen molar-refractivity contribution in [2.45, 2.75) is 12.5 Å². The summed E-state index contributed by atoms with van der Waals surface area (Å²) < 4.78 is 15.5. The summed E-state index contributed by atoms with van der Waals surface area (Å²) in [5, 5.41) is 9.34. The molecule has 1 atom stereocenters. The molecule has 3 heterocycles. The maximum Gasteiger partial charge on any atom is 0.143 e. The van der Waals surface area contributed by atoms with Crippen molar-refractivity contribution in [3.05, 3.63) is 242 Å². The molecule has 0 bridgehead atoms. The zero-order valence-electron chi connectivity index (χ0n) is 37.0. The van der Waals surface area contributed by atoms with Crippen LogP contribution in [0, 0.1) is 0 Å². The lowest BCUT2D eigenvalue weighted by molar-refractivity contribution is 0.667. The molecule has 0 amide bonds. The zero-order valence-corrected chi connectivity index (χ0v) is 37.0. The van der Waals surface area contributed by atoms with Crippen molar-refractivity contribution in [3.63, 3.8) is 0 Å². The van der Waals surface area contributed by atoms with Crippen LogP contribution in [0.2, 0.25) is 0 Å². The number of anilines is 2. The second-order valence-electron chi connectivity index (χ2n) is 17.9. The van der Waals surface area contributed by atoms with E-state index in [1.165, 1.54) is 38.3 Å². The lowest BCUT2D eigenvalue weighted by atomic mass is 9.93. The van der Waals surface area contributed by atoms with Crippen molar-refractivity contribution in [1.29, 1.82) is 0 Å². The van der Waals surface area contributed by atoms with E-state index in [-0.39, 0.29) is 6.04 Å². The highest BCUT2D eigenvalue weighted by Gasteiger charge is 2.25. The van der Waals surface area contributed by atoms with E-state index >= 15 is 0 Å². The van der Waals surface area contributed by atoms with Crippen molar-refractivity contribution in [2.24, 2.45) is 0 Å². The van der Waals surface area contributed by atoms with Crippen LogP contribution in [0.3, 0.4) is 0 Å². The van der Waals surface area contributed by atoms with Crippen LogP contribution in [-0.2, 0) is 0 Å². The van der Waals surface area contributed by atoms with Gasteiger partial charge in [-0.3, -0.25) is 0 Å². The predicted octanol–water partition coefficient (Wildman–Crippen LogP) is 17.6. The van der Waals surface area contributed by atoms with Gasteiger partial charge in [-0.1, -0.05) is 170 Å². The van der Waals surface area contributed by atoms with Gasteiger partial charge in [0.25, 0.3) is 0 Å². The lowest BCUT2D eigenvalue weighted by Crippen LogP contribution is -2.30. The fraction of sp³-hybridized carbons (Fsp3) is 0.0312. The number of furan rings is 2. The molecular formula is C64H42N2O2. The summed E-state index contributed by atoms with van der Waals surface area (Å²) >= 11 is 0. The Morgan fingerprint density at radius 1 is 0.426 bits per heavy atom. The van der Waals surface area contributed by atoms with Crippen LogP contribution in [0.5, 0.6) is 0 Å². The summed E-state index contributed by atoms with van der Waals surface area (Å²) in [7, 11) is 0. The molecule has 0 saturated carbocycles. The average Bonchev–Trinajstić information content (AvgIpc) is 4.09. The van der Waals surface area contributed by atoms with Gasteiger partial charge in [-0.15, -0.1) is 0 Å². The van der Waals surface area contributed by atoms with Crippen molar-refractivity contribution in [1.82, 2.24) is 4.57 Å². The van der Waals surface area contributed by atoms with Crippen LogP contribution in [0.15, 0.2) is 245 Å². The molecule has 1 aliphatic carbocycles. The normalized spacial score (nSPS) is 14.0. The molecule has 0 saturated heterocycles. The van der Waals surface area contributed by atoms with Crippen LogP contribution in [-0.4, -0.2) is 10.6 Å². The molecule has 10 aromatic carbocycles. The van der Waals surface area contributed by atoms with Gasteiger partial charge in [0.15, 0.2) is 0 Å². The number of aromatic nitrogens is 1. The molecule has 0 aliphatic heterocycles. The maximum absolute atomic E-state index is 6.57. The van der Waals surface area contributed by atoms with Crippen molar-refractivity contribution in [3.8, 4) is 27.9 Å². The lowest BCUT2D eigenvalue weighted by Gasteiger charge is -2.35. The summed E-state index contributed by atoms with van der Waals surface area (Å²) in [6.07, 6.45) is 7.84. The van der Waals surface area contributed by atoms with E-state index in [2.05, 4.69) is 240 Å². The molecule has 1 unspecified atom stereocenters. The summed E-state index contributed by atoms with van der Waals surface area (Å²) in [6, 6.07) is 78.6. The highest BCUT2D eigenvalue weighted by molar-refractivity contribution is 6.16. The Morgan fingerprint density at radius 2 is 1.07 bits per heavy atom. The Balaban J connectivity index is 0.873. The third kappa shape index (κ3) is 6.08. The number of allylic oxidation sites excluding steroid dienone is 2. The molecule has 0 N–H and O–H groups in total. The molecule has 320 valence electrons. The number of nitrogens with zero attached hydrogens (tertiary/aromatic N) is 2. The van der Waals surface area contributed by atoms with E-state index in [0.717, 1.165) is 95.0 Å². The van der Waals surface area contributed by atoms with Gasteiger partial charge in [0.05, 0.1) is 17.1 Å². The molecule has 68 heavy (non-hydrogen) atoms. The largest absolute Gasteiger partial charge is 0.455 e. The minimum Gasteiger partial charge on any atom is -0.455 e. The first-order valence-electron chi connectivity index (χ1n) is 23.4. The monoisotopic (exact) mass is 870 g/mol. The topological polar surface area (TPSA) is 34.5 Å². The van der Waals surface area contributed by atoms with Crippen LogP contribution in [0.1, 0.15) is 12.0 Å². The van der Waals surface area contributed by atoms with Gasteiger partial charge < -0.3 is 18.3 Å². The van der Waals surface area contributed by atoms with Gasteiger partial charge in [-0.2, -0.15) is 0 Å². The summed E-state index contributed by atoms with van der Waals surface area (Å²) in [5.74, 6) is 0. The van der Waals surface area contributed by atoms with Crippen LogP contribution < -0.4 is 4.90 Å². The molecule has 3 aromatic heterocycles. The molecule has 0 radical (unpaired) electrons. The van der Waals surface area contributed by atoms with E-state index in [9.17, 15) is 0 Å². The Labute approximate surface area is 392 Å². The quantitative estimate of drug-likeness (QED) is 0.160. The standard InChI is InChI=1S/C64H42N2O2/c1-2-17-50-42(13-1)31-37-56-57-40-45(32-38-62(57)68-64(50)56)49-16-3-7-23-58(49)65(47-35-29-43(30-36-47)51-21-12-22-55-54-20-6-10-26-61(54)67-63(51)55)46-33-27-41(28-34-46)44-14-11-15-48(39-44)66-59-24-8-4-18-52(59)53-19-5-9-25-60(53)66/h1-35,37-40,47H,36H2. The van der Waals surface area contributed by atoms with Gasteiger partial charge in [0, 0.05) is 65.9 Å². The van der Waals surface area contributed by atoms with Gasteiger partial charge in [-0.25, -0.2) is 0 Å². The van der Waals surface area contributed by atoms with Crippen LogP contribution >= 0.6 is 0 Å². The SMILES string of the molecule is C1=CC(N(c2ccc(-c3cccc(-n4c5ccccc5c5ccccc54)c3)cc2)c2ccccc2-c2ccc3oc4c5ccccc5ccc4c3c2)CC=C1c1cccc2c1oc1ccccc12. The average molecular weight is 871 g/mol. The summed E-state index contributed by atoms with van der Waals surface area (Å²) in [5.41, 5.74) is 16.4. The second kappa shape index (κ2) is 15.4. The van der Waals surface area contributed by atoms with E-state index in [4.69, 9.17) is 8.83 Å². The first-order chi connectivity index (χ1) is 33.7. The van der Waals surface area contributed by atoms with Gasteiger partial charge >= 0.3 is 0 Å². The molecule has 4 nitrogen and oxygen atoms in total. The molecule has 0 fully saturated rings. The Bertz CT molecular complexity index is 4150. The molecule has 14 rings (SSSR count). The van der Waals surface area contributed by atoms with Gasteiger partial charge in [0.2, 0.25) is 0 Å². The Kier molecular flexibility index (Phi) is 8.68. The predicted molar refractivity (Wildman–Crippen MR) is 284 cm³/mol. The fourth-order valence-electron chi connectivity index (χ4n) is 10.9. The number of fused-ring (bicyclic) bond motifs is 11. The number of benzene rings is 10. The fourth-order valence-corrected chi connectivity index (χ4v) is 10.9. The van der Waals surface area contributed by atoms with E-state index in [1.807, 2.05) is 6.07 Å². The van der Waals surface area contributed by atoms with E-state index in [1.54, 1.807) is 0 Å². The minimum absolute atomic E-state index is 0.0316. The number of hydrogen-bond acceptors (Lipinski definition) is 3. The molecule has 4 heteroatoms. The van der Waals surface area contributed by atoms with Crippen LogP contribution in [0.4, 0.5) is 11.4 Å². The highest BCUT2D eigenvalue weighted by Crippen LogP contribution is 2.44. The summed E-state index contributed by atoms with van der Waals surface area (Å²) in [4.78, 5) is 2.52. The van der Waals surface area contributed by atoms with Gasteiger partial charge in [-0.05, 0) is 101 Å². The third-order valence-electron chi connectivity index (χ3n) is 14.1. The molecule has 0 spiro atoms. The summed E-state index contributed by atoms with van der Waals surface area (Å²) in [6.45, 7) is 0. The van der Waals surface area contributed by atoms with E-state index in [0.29, 0.717) is 0 Å². The molecular weight excluding hydrogens is 829 g/mol.